The van der Waals surface area contributed by atoms with Crippen molar-refractivity contribution < 1.29 is 14.1 Å². The van der Waals surface area contributed by atoms with Crippen molar-refractivity contribution in [2.45, 2.75) is 10.6 Å². The molecule has 1 aromatic carbocycles. The number of carboxylic acids is 1. The van der Waals surface area contributed by atoms with Crippen molar-refractivity contribution in [3.8, 4) is 0 Å². The first-order valence-corrected chi connectivity index (χ1v) is 7.56. The van der Waals surface area contributed by atoms with Crippen LogP contribution >= 0.6 is 23.2 Å². The second-order valence-corrected chi connectivity index (χ2v) is 6.18. The van der Waals surface area contributed by atoms with Gasteiger partial charge >= 0.3 is 5.97 Å². The number of hydrogen-bond acceptors (Lipinski definition) is 3. The molecule has 0 saturated carbocycles. The Morgan fingerprint density at radius 2 is 2.00 bits per heavy atom. The Labute approximate surface area is 127 Å². The molecule has 2 aromatic rings. The van der Waals surface area contributed by atoms with E-state index in [0.29, 0.717) is 10.6 Å². The van der Waals surface area contributed by atoms with Gasteiger partial charge in [-0.05, 0) is 12.1 Å². The van der Waals surface area contributed by atoms with Gasteiger partial charge in [0.05, 0.1) is 43.4 Å². The average molecular weight is 333 g/mol. The molecule has 1 heterocycles. The highest BCUT2D eigenvalue weighted by atomic mass is 35.5. The second-order valence-electron chi connectivity index (χ2n) is 3.97. The van der Waals surface area contributed by atoms with Crippen molar-refractivity contribution in [3.63, 3.8) is 0 Å². The van der Waals surface area contributed by atoms with Crippen LogP contribution in [0.1, 0.15) is 16.1 Å². The number of rotatable bonds is 4. The number of aromatic carboxylic acids is 1. The maximum absolute atomic E-state index is 12.4. The number of carbonyl (C=O) groups is 1. The Balaban J connectivity index is 2.38. The zero-order chi connectivity index (χ0) is 14.9. The summed E-state index contributed by atoms with van der Waals surface area (Å²) in [6.07, 6.45) is 1.23. The number of halogens is 2. The minimum atomic E-state index is -1.56. The van der Waals surface area contributed by atoms with E-state index in [2.05, 4.69) is 5.10 Å². The van der Waals surface area contributed by atoms with Gasteiger partial charge in [0, 0.05) is 7.05 Å². The summed E-state index contributed by atoms with van der Waals surface area (Å²) in [5, 5.41) is 13.5. The molecular formula is C12H10Cl2N2O3S. The molecule has 0 fully saturated rings. The quantitative estimate of drug-likeness (QED) is 0.934. The lowest BCUT2D eigenvalue weighted by Crippen LogP contribution is -2.08. The van der Waals surface area contributed by atoms with Gasteiger partial charge in [0.25, 0.3) is 0 Å². The Bertz CT molecular complexity index is 680. The zero-order valence-corrected chi connectivity index (χ0v) is 12.7. The third kappa shape index (κ3) is 2.87. The van der Waals surface area contributed by atoms with E-state index in [4.69, 9.17) is 28.3 Å². The van der Waals surface area contributed by atoms with Crippen LogP contribution in [0.2, 0.25) is 10.0 Å². The molecule has 1 atom stereocenters. The molecule has 1 aromatic heterocycles. The summed E-state index contributed by atoms with van der Waals surface area (Å²) in [7, 11) is 0.0294. The molecule has 0 saturated heterocycles. The number of carboxylic acid groups (broad SMARTS) is 1. The van der Waals surface area contributed by atoms with Crippen LogP contribution in [0.15, 0.2) is 29.3 Å². The number of aryl methyl sites for hydroxylation is 1. The van der Waals surface area contributed by atoms with Crippen LogP contribution in [0, 0.1) is 0 Å². The molecule has 2 rings (SSSR count). The molecule has 106 valence electrons. The summed E-state index contributed by atoms with van der Waals surface area (Å²) >= 11 is 12.0. The fourth-order valence-electron chi connectivity index (χ4n) is 1.71. The lowest BCUT2D eigenvalue weighted by Gasteiger charge is -2.08. The van der Waals surface area contributed by atoms with Gasteiger partial charge in [-0.15, -0.1) is 0 Å². The smallest absolute Gasteiger partial charge is 0.339 e. The summed E-state index contributed by atoms with van der Waals surface area (Å²) in [5.74, 6) is -1.14. The predicted molar refractivity (Wildman–Crippen MR) is 76.7 cm³/mol. The van der Waals surface area contributed by atoms with E-state index in [1.807, 2.05) is 0 Å². The first-order valence-electron chi connectivity index (χ1n) is 5.48. The van der Waals surface area contributed by atoms with Crippen molar-refractivity contribution in [1.82, 2.24) is 9.78 Å². The average Bonchev–Trinajstić information content (AvgIpc) is 2.71. The van der Waals surface area contributed by atoms with Crippen molar-refractivity contribution in [2.24, 2.45) is 7.05 Å². The van der Waals surface area contributed by atoms with Gasteiger partial charge in [-0.3, -0.25) is 8.89 Å². The Morgan fingerprint density at radius 3 is 2.55 bits per heavy atom. The number of nitrogens with zero attached hydrogens (tertiary/aromatic N) is 2. The third-order valence-electron chi connectivity index (χ3n) is 2.71. The highest BCUT2D eigenvalue weighted by Gasteiger charge is 2.20. The Hall–Kier alpha value is -1.37. The van der Waals surface area contributed by atoms with Crippen molar-refractivity contribution in [1.29, 1.82) is 0 Å². The van der Waals surface area contributed by atoms with E-state index >= 15 is 0 Å². The maximum Gasteiger partial charge on any atom is 0.339 e. The van der Waals surface area contributed by atoms with Gasteiger partial charge in [-0.25, -0.2) is 4.79 Å². The molecule has 20 heavy (non-hydrogen) atoms. The highest BCUT2D eigenvalue weighted by molar-refractivity contribution is 7.84. The lowest BCUT2D eigenvalue weighted by molar-refractivity contribution is 0.0696. The minimum Gasteiger partial charge on any atom is -0.478 e. The largest absolute Gasteiger partial charge is 0.478 e. The molecule has 0 aliphatic rings. The molecule has 0 spiro atoms. The molecular weight excluding hydrogens is 323 g/mol. The summed E-state index contributed by atoms with van der Waals surface area (Å²) in [5.41, 5.74) is 0.371. The molecule has 0 radical (unpaired) electrons. The molecule has 1 unspecified atom stereocenters. The first-order chi connectivity index (χ1) is 9.41. The fraction of sp³-hybridized carbons (Fsp3) is 0.167. The number of aromatic nitrogens is 2. The normalized spacial score (nSPS) is 12.3. The van der Waals surface area contributed by atoms with E-state index in [9.17, 15) is 9.00 Å². The highest BCUT2D eigenvalue weighted by Crippen LogP contribution is 2.29. The van der Waals surface area contributed by atoms with Crippen molar-refractivity contribution in [3.05, 3.63) is 45.7 Å². The van der Waals surface area contributed by atoms with Gasteiger partial charge in [0.1, 0.15) is 5.56 Å². The Kier molecular flexibility index (Phi) is 4.47. The molecule has 8 heteroatoms. The standard InChI is InChI=1S/C12H10Cl2N2O3S/c1-16-10(7(5-15-16)12(17)18)6-20(19)11-8(13)3-2-4-9(11)14/h2-5H,6H2,1H3,(H,17,18). The monoisotopic (exact) mass is 332 g/mol. The number of benzene rings is 1. The van der Waals surface area contributed by atoms with Crippen LogP contribution in [0.5, 0.6) is 0 Å². The van der Waals surface area contributed by atoms with Crippen LogP contribution in [0.25, 0.3) is 0 Å². The maximum atomic E-state index is 12.4. The molecule has 0 bridgehead atoms. The fourth-order valence-corrected chi connectivity index (χ4v) is 3.93. The molecule has 5 nitrogen and oxygen atoms in total. The van der Waals surface area contributed by atoms with Crippen molar-refractivity contribution in [2.75, 3.05) is 0 Å². The van der Waals surface area contributed by atoms with E-state index in [0.717, 1.165) is 0 Å². The summed E-state index contributed by atoms with van der Waals surface area (Å²) in [6, 6.07) is 4.82. The summed E-state index contributed by atoms with van der Waals surface area (Å²) < 4.78 is 13.8. The minimum absolute atomic E-state index is 0.0176. The molecule has 0 aliphatic carbocycles. The van der Waals surface area contributed by atoms with Gasteiger partial charge in [-0.2, -0.15) is 5.10 Å². The van der Waals surface area contributed by atoms with Gasteiger partial charge in [0.15, 0.2) is 0 Å². The van der Waals surface area contributed by atoms with Gasteiger partial charge < -0.3 is 5.11 Å². The van der Waals surface area contributed by atoms with E-state index in [1.165, 1.54) is 10.9 Å². The van der Waals surface area contributed by atoms with Gasteiger partial charge in [0.2, 0.25) is 0 Å². The first kappa shape index (κ1) is 15.0. The predicted octanol–water partition coefficient (Wildman–Crippen LogP) is 2.73. The third-order valence-corrected chi connectivity index (χ3v) is 4.99. The summed E-state index contributed by atoms with van der Waals surface area (Å²) in [6.45, 7) is 0. The van der Waals surface area contributed by atoms with Crippen LogP contribution in [0.3, 0.4) is 0 Å². The van der Waals surface area contributed by atoms with E-state index < -0.39 is 16.8 Å². The molecule has 1 N–H and O–H groups in total. The summed E-state index contributed by atoms with van der Waals surface area (Å²) in [4.78, 5) is 11.4. The lowest BCUT2D eigenvalue weighted by atomic mass is 10.3. The van der Waals surface area contributed by atoms with Crippen LogP contribution < -0.4 is 0 Å². The van der Waals surface area contributed by atoms with Crippen LogP contribution in [-0.4, -0.2) is 25.1 Å². The molecule has 0 amide bonds. The molecule has 0 aliphatic heterocycles. The van der Waals surface area contributed by atoms with Gasteiger partial charge in [-0.1, -0.05) is 29.3 Å². The number of hydrogen-bond donors (Lipinski definition) is 1. The van der Waals surface area contributed by atoms with Crippen LogP contribution in [0.4, 0.5) is 0 Å². The van der Waals surface area contributed by atoms with E-state index in [1.54, 1.807) is 25.2 Å². The van der Waals surface area contributed by atoms with Crippen molar-refractivity contribution >= 4 is 40.0 Å². The van der Waals surface area contributed by atoms with Crippen LogP contribution in [-0.2, 0) is 23.6 Å². The second kappa shape index (κ2) is 5.95. The topological polar surface area (TPSA) is 72.2 Å². The SMILES string of the molecule is Cn1ncc(C(=O)O)c1CS(=O)c1c(Cl)cccc1Cl. The Morgan fingerprint density at radius 1 is 1.40 bits per heavy atom. The van der Waals surface area contributed by atoms with E-state index in [-0.39, 0.29) is 21.4 Å². The zero-order valence-electron chi connectivity index (χ0n) is 10.3.